The summed E-state index contributed by atoms with van der Waals surface area (Å²) in [5.41, 5.74) is 4.48. The normalized spacial score (nSPS) is 15.5. The molecule has 0 spiro atoms. The first-order chi connectivity index (χ1) is 13.5. The zero-order chi connectivity index (χ0) is 19.8. The minimum absolute atomic E-state index is 0.0682. The number of amides is 1. The molecular weight excluding hydrogens is 350 g/mol. The number of nitrogens with zero attached hydrogens (tertiary/aromatic N) is 5. The third-order valence-electron chi connectivity index (χ3n) is 5.50. The second-order valence-corrected chi connectivity index (χ2v) is 7.89. The van der Waals surface area contributed by atoms with Crippen molar-refractivity contribution in [3.63, 3.8) is 0 Å². The van der Waals surface area contributed by atoms with E-state index < -0.39 is 0 Å². The molecule has 3 heterocycles. The Kier molecular flexibility index (Phi) is 4.89. The Morgan fingerprint density at radius 3 is 2.50 bits per heavy atom. The first-order valence-electron chi connectivity index (χ1n) is 9.88. The molecule has 146 valence electrons. The lowest BCUT2D eigenvalue weighted by atomic mass is 10.0. The van der Waals surface area contributed by atoms with Crippen LogP contribution in [0.5, 0.6) is 0 Å². The maximum absolute atomic E-state index is 13.4. The first kappa shape index (κ1) is 18.6. The molecule has 4 rings (SSSR count). The first-order valence-corrected chi connectivity index (χ1v) is 9.88. The van der Waals surface area contributed by atoms with Gasteiger partial charge < -0.3 is 9.80 Å². The van der Waals surface area contributed by atoms with Crippen LogP contribution in [-0.4, -0.2) is 63.7 Å². The molecule has 0 unspecified atom stereocenters. The van der Waals surface area contributed by atoms with E-state index in [9.17, 15) is 4.79 Å². The average Bonchev–Trinajstić information content (AvgIpc) is 3.12. The number of pyridine rings is 1. The summed E-state index contributed by atoms with van der Waals surface area (Å²) in [6.07, 6.45) is 1.78. The van der Waals surface area contributed by atoms with Gasteiger partial charge >= 0.3 is 0 Å². The van der Waals surface area contributed by atoms with Gasteiger partial charge in [0.05, 0.1) is 22.8 Å². The van der Waals surface area contributed by atoms with Gasteiger partial charge in [0, 0.05) is 37.8 Å². The Hall–Kier alpha value is -2.73. The zero-order valence-electron chi connectivity index (χ0n) is 17.0. The van der Waals surface area contributed by atoms with Crippen molar-refractivity contribution in [2.24, 2.45) is 0 Å². The number of piperazine rings is 1. The maximum atomic E-state index is 13.4. The van der Waals surface area contributed by atoms with Gasteiger partial charge in [-0.2, -0.15) is 5.10 Å². The van der Waals surface area contributed by atoms with E-state index in [2.05, 4.69) is 50.0 Å². The van der Waals surface area contributed by atoms with Gasteiger partial charge in [0.2, 0.25) is 0 Å². The molecule has 3 aromatic rings. The van der Waals surface area contributed by atoms with Crippen molar-refractivity contribution in [1.82, 2.24) is 24.6 Å². The molecule has 1 aromatic carbocycles. The van der Waals surface area contributed by atoms with Gasteiger partial charge in [0.1, 0.15) is 0 Å². The van der Waals surface area contributed by atoms with Crippen LogP contribution in [0.1, 0.15) is 35.8 Å². The van der Waals surface area contributed by atoms with Crippen molar-refractivity contribution >= 4 is 16.9 Å². The number of fused-ring (bicyclic) bond motifs is 1. The lowest BCUT2D eigenvalue weighted by Crippen LogP contribution is -2.47. The monoisotopic (exact) mass is 377 g/mol. The van der Waals surface area contributed by atoms with E-state index in [1.54, 1.807) is 6.20 Å². The molecule has 0 atom stereocenters. The average molecular weight is 377 g/mol. The number of rotatable bonds is 3. The minimum atomic E-state index is 0.0682. The Morgan fingerprint density at radius 2 is 1.82 bits per heavy atom. The second kappa shape index (κ2) is 7.36. The van der Waals surface area contributed by atoms with Crippen LogP contribution >= 0.6 is 0 Å². The molecule has 6 heteroatoms. The summed E-state index contributed by atoms with van der Waals surface area (Å²) in [5, 5.41) is 5.36. The summed E-state index contributed by atoms with van der Waals surface area (Å²) in [6, 6.07) is 10.3. The number of likely N-dealkylation sites (N-methyl/N-ethyl adjacent to an activating group) is 1. The van der Waals surface area contributed by atoms with Crippen LogP contribution in [0.3, 0.4) is 0 Å². The molecule has 0 bridgehead atoms. The summed E-state index contributed by atoms with van der Waals surface area (Å²) in [7, 11) is 2.09. The molecule has 1 amide bonds. The van der Waals surface area contributed by atoms with Gasteiger partial charge in [-0.25, -0.2) is 9.67 Å². The van der Waals surface area contributed by atoms with Crippen molar-refractivity contribution in [3.05, 3.63) is 47.7 Å². The number of carbonyl (C=O) groups is 1. The number of carbonyl (C=O) groups excluding carboxylic acids is 1. The van der Waals surface area contributed by atoms with Gasteiger partial charge in [0.25, 0.3) is 5.91 Å². The quantitative estimate of drug-likeness (QED) is 0.702. The highest BCUT2D eigenvalue weighted by Gasteiger charge is 2.25. The Labute approximate surface area is 165 Å². The van der Waals surface area contributed by atoms with Gasteiger partial charge in [0.15, 0.2) is 5.65 Å². The highest BCUT2D eigenvalue weighted by Crippen LogP contribution is 2.29. The molecule has 1 saturated heterocycles. The second-order valence-electron chi connectivity index (χ2n) is 7.89. The Bertz CT molecular complexity index is 1010. The molecule has 1 fully saturated rings. The van der Waals surface area contributed by atoms with Crippen LogP contribution in [0.15, 0.2) is 36.5 Å². The van der Waals surface area contributed by atoms with Gasteiger partial charge in [-0.15, -0.1) is 0 Å². The van der Waals surface area contributed by atoms with Crippen LogP contribution in [0.25, 0.3) is 22.3 Å². The standard InChI is InChI=1S/C22H27N5O/c1-15(2)27-21-19(14-23-27)18(22(28)26-11-9-25(4)10-12-26)13-20(24-21)17-8-6-5-7-16(17)3/h5-8,13-15H,9-12H2,1-4H3. The van der Waals surface area contributed by atoms with Crippen molar-refractivity contribution in [2.75, 3.05) is 33.2 Å². The molecule has 2 aromatic heterocycles. The van der Waals surface area contributed by atoms with Crippen LogP contribution in [0.4, 0.5) is 0 Å². The van der Waals surface area contributed by atoms with E-state index in [1.165, 1.54) is 0 Å². The largest absolute Gasteiger partial charge is 0.336 e. The SMILES string of the molecule is Cc1ccccc1-c1cc(C(=O)N2CCN(C)CC2)c2cnn(C(C)C)c2n1. The molecule has 0 saturated carbocycles. The predicted octanol–water partition coefficient (Wildman–Crippen LogP) is 3.38. The number of benzene rings is 1. The maximum Gasteiger partial charge on any atom is 0.254 e. The third-order valence-corrected chi connectivity index (χ3v) is 5.50. The third kappa shape index (κ3) is 3.29. The summed E-state index contributed by atoms with van der Waals surface area (Å²) in [5.74, 6) is 0.0682. The van der Waals surface area contributed by atoms with Crippen molar-refractivity contribution < 1.29 is 4.79 Å². The van der Waals surface area contributed by atoms with Crippen LogP contribution in [0, 0.1) is 6.92 Å². The van der Waals surface area contributed by atoms with Gasteiger partial charge in [-0.1, -0.05) is 24.3 Å². The Morgan fingerprint density at radius 1 is 1.11 bits per heavy atom. The molecule has 1 aliphatic heterocycles. The summed E-state index contributed by atoms with van der Waals surface area (Å²) in [6.45, 7) is 9.52. The fraction of sp³-hybridized carbons (Fsp3) is 0.409. The van der Waals surface area contributed by atoms with E-state index in [0.29, 0.717) is 5.56 Å². The van der Waals surface area contributed by atoms with Crippen molar-refractivity contribution in [1.29, 1.82) is 0 Å². The van der Waals surface area contributed by atoms with E-state index in [1.807, 2.05) is 27.8 Å². The van der Waals surface area contributed by atoms with E-state index in [-0.39, 0.29) is 11.9 Å². The number of aryl methyl sites for hydroxylation is 1. The van der Waals surface area contributed by atoms with Crippen molar-refractivity contribution in [3.8, 4) is 11.3 Å². The van der Waals surface area contributed by atoms with Crippen LogP contribution in [0.2, 0.25) is 0 Å². The van der Waals surface area contributed by atoms with E-state index in [0.717, 1.165) is 54.0 Å². The van der Waals surface area contributed by atoms with Crippen LogP contribution < -0.4 is 0 Å². The van der Waals surface area contributed by atoms with E-state index in [4.69, 9.17) is 4.98 Å². The fourth-order valence-electron chi connectivity index (χ4n) is 3.75. The molecule has 6 nitrogen and oxygen atoms in total. The molecule has 28 heavy (non-hydrogen) atoms. The minimum Gasteiger partial charge on any atom is -0.336 e. The summed E-state index contributed by atoms with van der Waals surface area (Å²) < 4.78 is 1.90. The molecule has 0 aliphatic carbocycles. The fourth-order valence-corrected chi connectivity index (χ4v) is 3.75. The highest BCUT2D eigenvalue weighted by molar-refractivity contribution is 6.06. The smallest absolute Gasteiger partial charge is 0.254 e. The lowest BCUT2D eigenvalue weighted by Gasteiger charge is -2.32. The summed E-state index contributed by atoms with van der Waals surface area (Å²) in [4.78, 5) is 22.5. The van der Waals surface area contributed by atoms with Crippen molar-refractivity contribution in [2.45, 2.75) is 26.8 Å². The molecule has 1 aliphatic rings. The number of aromatic nitrogens is 3. The van der Waals surface area contributed by atoms with E-state index >= 15 is 0 Å². The highest BCUT2D eigenvalue weighted by atomic mass is 16.2. The lowest BCUT2D eigenvalue weighted by molar-refractivity contribution is 0.0666. The topological polar surface area (TPSA) is 54.3 Å². The molecule has 0 radical (unpaired) electrons. The number of hydrogen-bond donors (Lipinski definition) is 0. The molecular formula is C22H27N5O. The van der Waals surface area contributed by atoms with Gasteiger partial charge in [-0.05, 0) is 39.4 Å². The molecule has 0 N–H and O–H groups in total. The summed E-state index contributed by atoms with van der Waals surface area (Å²) >= 11 is 0. The van der Waals surface area contributed by atoms with Gasteiger partial charge in [-0.3, -0.25) is 4.79 Å². The Balaban J connectivity index is 1.87. The van der Waals surface area contributed by atoms with Crippen LogP contribution in [-0.2, 0) is 0 Å². The predicted molar refractivity (Wildman–Crippen MR) is 111 cm³/mol. The number of hydrogen-bond acceptors (Lipinski definition) is 4. The zero-order valence-corrected chi connectivity index (χ0v) is 17.0.